The molecule has 1 heterocycles. The smallest absolute Gasteiger partial charge is 0.234 e. The van der Waals surface area contributed by atoms with E-state index in [4.69, 9.17) is 0 Å². The van der Waals surface area contributed by atoms with E-state index in [2.05, 4.69) is 11.8 Å². The second kappa shape index (κ2) is 4.10. The molecule has 66 valence electrons. The normalized spacial score (nSPS) is 21.8. The SMILES string of the molecule is CC#CCC(=O)N1CC[C@H](F)C1. The molecule has 0 aromatic carbocycles. The fraction of sp³-hybridized carbons (Fsp3) is 0.667. The van der Waals surface area contributed by atoms with E-state index in [-0.39, 0.29) is 18.9 Å². The van der Waals surface area contributed by atoms with E-state index in [1.807, 2.05) is 0 Å². The molecule has 0 unspecified atom stereocenters. The van der Waals surface area contributed by atoms with Crippen LogP contribution in [-0.4, -0.2) is 30.1 Å². The summed E-state index contributed by atoms with van der Waals surface area (Å²) in [5, 5.41) is 0. The molecule has 0 bridgehead atoms. The molecule has 0 aromatic rings. The first-order valence-electron chi connectivity index (χ1n) is 4.05. The number of hydrogen-bond donors (Lipinski definition) is 0. The van der Waals surface area contributed by atoms with Gasteiger partial charge in [0, 0.05) is 6.54 Å². The van der Waals surface area contributed by atoms with Crippen LogP contribution in [-0.2, 0) is 4.79 Å². The maximum Gasteiger partial charge on any atom is 0.234 e. The lowest BCUT2D eigenvalue weighted by Gasteiger charge is -2.12. The predicted octanol–water partition coefficient (Wildman–Crippen LogP) is 0.970. The summed E-state index contributed by atoms with van der Waals surface area (Å²) in [6.45, 7) is 2.49. The van der Waals surface area contributed by atoms with Crippen LogP contribution in [0.4, 0.5) is 4.39 Å². The van der Waals surface area contributed by atoms with Crippen molar-refractivity contribution in [2.75, 3.05) is 13.1 Å². The molecule has 1 atom stereocenters. The molecular formula is C9H12FNO. The Hall–Kier alpha value is -1.04. The maximum atomic E-state index is 12.6. The van der Waals surface area contributed by atoms with E-state index in [0.29, 0.717) is 13.0 Å². The Kier molecular flexibility index (Phi) is 3.09. The number of rotatable bonds is 1. The molecule has 0 aliphatic carbocycles. The van der Waals surface area contributed by atoms with Gasteiger partial charge in [0.2, 0.25) is 5.91 Å². The van der Waals surface area contributed by atoms with Crippen molar-refractivity contribution in [1.29, 1.82) is 0 Å². The third-order valence-electron chi connectivity index (χ3n) is 1.90. The molecule has 1 fully saturated rings. The van der Waals surface area contributed by atoms with Crippen molar-refractivity contribution >= 4 is 5.91 Å². The molecule has 0 N–H and O–H groups in total. The minimum atomic E-state index is -0.830. The number of carbonyl (C=O) groups is 1. The molecule has 3 heteroatoms. The van der Waals surface area contributed by atoms with Crippen LogP contribution in [0.3, 0.4) is 0 Å². The van der Waals surface area contributed by atoms with Crippen molar-refractivity contribution in [2.45, 2.75) is 25.9 Å². The van der Waals surface area contributed by atoms with Crippen molar-refractivity contribution in [3.63, 3.8) is 0 Å². The Morgan fingerprint density at radius 1 is 1.75 bits per heavy atom. The van der Waals surface area contributed by atoms with Gasteiger partial charge in [-0.2, -0.15) is 0 Å². The van der Waals surface area contributed by atoms with Gasteiger partial charge >= 0.3 is 0 Å². The molecular weight excluding hydrogens is 157 g/mol. The van der Waals surface area contributed by atoms with E-state index < -0.39 is 6.17 Å². The van der Waals surface area contributed by atoms with E-state index in [1.54, 1.807) is 6.92 Å². The molecule has 0 radical (unpaired) electrons. The summed E-state index contributed by atoms with van der Waals surface area (Å²) in [6, 6.07) is 0. The number of amides is 1. The highest BCUT2D eigenvalue weighted by atomic mass is 19.1. The highest BCUT2D eigenvalue weighted by molar-refractivity contribution is 5.78. The van der Waals surface area contributed by atoms with E-state index >= 15 is 0 Å². The summed E-state index contributed by atoms with van der Waals surface area (Å²) in [6.07, 6.45) is -0.127. The van der Waals surface area contributed by atoms with E-state index in [1.165, 1.54) is 4.90 Å². The number of alkyl halides is 1. The summed E-state index contributed by atoms with van der Waals surface area (Å²) in [7, 11) is 0. The van der Waals surface area contributed by atoms with E-state index in [9.17, 15) is 9.18 Å². The van der Waals surface area contributed by atoms with Crippen molar-refractivity contribution in [2.24, 2.45) is 0 Å². The van der Waals surface area contributed by atoms with Crippen LogP contribution in [0.2, 0.25) is 0 Å². The fourth-order valence-corrected chi connectivity index (χ4v) is 1.22. The van der Waals surface area contributed by atoms with Gasteiger partial charge in [-0.1, -0.05) is 5.92 Å². The fourth-order valence-electron chi connectivity index (χ4n) is 1.22. The molecule has 1 amide bonds. The van der Waals surface area contributed by atoms with Gasteiger partial charge in [-0.15, -0.1) is 5.92 Å². The van der Waals surface area contributed by atoms with Gasteiger partial charge in [-0.05, 0) is 13.3 Å². The first-order valence-corrected chi connectivity index (χ1v) is 4.05. The van der Waals surface area contributed by atoms with Crippen molar-refractivity contribution in [3.05, 3.63) is 0 Å². The summed E-state index contributed by atoms with van der Waals surface area (Å²) >= 11 is 0. The molecule has 0 saturated carbocycles. The molecule has 1 aliphatic heterocycles. The lowest BCUT2D eigenvalue weighted by molar-refractivity contribution is -0.129. The Morgan fingerprint density at radius 2 is 2.50 bits per heavy atom. The minimum Gasteiger partial charge on any atom is -0.339 e. The van der Waals surface area contributed by atoms with Crippen LogP contribution in [0.15, 0.2) is 0 Å². The van der Waals surface area contributed by atoms with Crippen LogP contribution in [0.5, 0.6) is 0 Å². The van der Waals surface area contributed by atoms with Crippen LogP contribution in [0, 0.1) is 11.8 Å². The minimum absolute atomic E-state index is 0.0514. The molecule has 12 heavy (non-hydrogen) atoms. The van der Waals surface area contributed by atoms with Gasteiger partial charge < -0.3 is 4.90 Å². The molecule has 1 aliphatic rings. The van der Waals surface area contributed by atoms with Gasteiger partial charge in [-0.25, -0.2) is 4.39 Å². The monoisotopic (exact) mass is 169 g/mol. The Morgan fingerprint density at radius 3 is 3.00 bits per heavy atom. The third-order valence-corrected chi connectivity index (χ3v) is 1.90. The molecule has 1 saturated heterocycles. The number of carbonyl (C=O) groups excluding carboxylic acids is 1. The van der Waals surface area contributed by atoms with Gasteiger partial charge in [0.1, 0.15) is 6.17 Å². The average Bonchev–Trinajstić information content (AvgIpc) is 2.47. The Labute approximate surface area is 71.7 Å². The number of hydrogen-bond acceptors (Lipinski definition) is 1. The quantitative estimate of drug-likeness (QED) is 0.535. The zero-order valence-electron chi connectivity index (χ0n) is 7.14. The van der Waals surface area contributed by atoms with Gasteiger partial charge in [0.15, 0.2) is 0 Å². The molecule has 0 aromatic heterocycles. The van der Waals surface area contributed by atoms with Crippen LogP contribution < -0.4 is 0 Å². The second-order valence-electron chi connectivity index (χ2n) is 2.83. The Bertz CT molecular complexity index is 228. The van der Waals surface area contributed by atoms with Crippen molar-refractivity contribution in [3.8, 4) is 11.8 Å². The number of halogens is 1. The van der Waals surface area contributed by atoms with Crippen LogP contribution >= 0.6 is 0 Å². The molecule has 2 nitrogen and oxygen atoms in total. The van der Waals surface area contributed by atoms with Gasteiger partial charge in [0.25, 0.3) is 0 Å². The summed E-state index contributed by atoms with van der Waals surface area (Å²) in [5.74, 6) is 5.27. The highest BCUT2D eigenvalue weighted by Crippen LogP contribution is 2.12. The van der Waals surface area contributed by atoms with E-state index in [0.717, 1.165) is 0 Å². The first kappa shape index (κ1) is 9.05. The largest absolute Gasteiger partial charge is 0.339 e. The zero-order valence-corrected chi connectivity index (χ0v) is 7.14. The average molecular weight is 169 g/mol. The second-order valence-corrected chi connectivity index (χ2v) is 2.83. The first-order chi connectivity index (χ1) is 5.74. The Balaban J connectivity index is 2.36. The summed E-state index contributed by atoms with van der Waals surface area (Å²) < 4.78 is 12.6. The number of nitrogens with zero attached hydrogens (tertiary/aromatic N) is 1. The summed E-state index contributed by atoms with van der Waals surface area (Å²) in [4.78, 5) is 12.7. The lowest BCUT2D eigenvalue weighted by atomic mass is 10.3. The molecule has 0 spiro atoms. The van der Waals surface area contributed by atoms with Crippen molar-refractivity contribution < 1.29 is 9.18 Å². The zero-order chi connectivity index (χ0) is 8.97. The lowest BCUT2D eigenvalue weighted by Crippen LogP contribution is -2.28. The molecule has 1 rings (SSSR count). The van der Waals surface area contributed by atoms with Crippen molar-refractivity contribution in [1.82, 2.24) is 4.90 Å². The number of likely N-dealkylation sites (tertiary alicyclic amines) is 1. The predicted molar refractivity (Wildman–Crippen MR) is 44.2 cm³/mol. The highest BCUT2D eigenvalue weighted by Gasteiger charge is 2.24. The van der Waals surface area contributed by atoms with Crippen LogP contribution in [0.1, 0.15) is 19.8 Å². The summed E-state index contributed by atoms with van der Waals surface area (Å²) in [5.41, 5.74) is 0. The van der Waals surface area contributed by atoms with Gasteiger partial charge in [-0.3, -0.25) is 4.79 Å². The van der Waals surface area contributed by atoms with Gasteiger partial charge in [0.05, 0.1) is 13.0 Å². The van der Waals surface area contributed by atoms with Crippen LogP contribution in [0.25, 0.3) is 0 Å². The maximum absolute atomic E-state index is 12.6. The third kappa shape index (κ3) is 2.23. The standard InChI is InChI=1S/C9H12FNO/c1-2-3-4-9(12)11-6-5-8(10)7-11/h8H,4-7H2,1H3/t8-/m0/s1. The topological polar surface area (TPSA) is 20.3 Å².